The van der Waals surface area contributed by atoms with Crippen LogP contribution in [0.2, 0.25) is 0 Å². The molecule has 0 radical (unpaired) electrons. The first-order valence-electron chi connectivity index (χ1n) is 13.1. The Labute approximate surface area is 228 Å². The highest BCUT2D eigenvalue weighted by atomic mass is 16.5. The zero-order chi connectivity index (χ0) is 27.9. The molecule has 39 heavy (non-hydrogen) atoms. The molecule has 2 aliphatic rings. The summed E-state index contributed by atoms with van der Waals surface area (Å²) in [5.41, 5.74) is 4.79. The van der Waals surface area contributed by atoms with E-state index in [9.17, 15) is 9.59 Å². The molecule has 0 saturated heterocycles. The van der Waals surface area contributed by atoms with Gasteiger partial charge < -0.3 is 19.5 Å². The number of hydrogen-bond donors (Lipinski definition) is 1. The Balaban J connectivity index is 1.66. The Hall–Kier alpha value is -4.20. The van der Waals surface area contributed by atoms with E-state index in [1.54, 1.807) is 36.5 Å². The van der Waals surface area contributed by atoms with Crippen molar-refractivity contribution in [3.05, 3.63) is 82.2 Å². The summed E-state index contributed by atoms with van der Waals surface area (Å²) in [5, 5.41) is 2.86. The maximum Gasteiger partial charge on any atom is 0.339 e. The Morgan fingerprint density at radius 3 is 2.56 bits per heavy atom. The quantitative estimate of drug-likeness (QED) is 0.431. The minimum absolute atomic E-state index is 0.237. The monoisotopic (exact) mass is 527 g/mol. The Kier molecular flexibility index (Phi) is 6.66. The highest BCUT2D eigenvalue weighted by Gasteiger charge is 2.40. The lowest BCUT2D eigenvalue weighted by molar-refractivity contribution is 0.0602. The predicted molar refractivity (Wildman–Crippen MR) is 149 cm³/mol. The molecule has 0 fully saturated rings. The van der Waals surface area contributed by atoms with Crippen LogP contribution in [0.3, 0.4) is 0 Å². The molecule has 0 atom stereocenters. The largest absolute Gasteiger partial charge is 0.490 e. The summed E-state index contributed by atoms with van der Waals surface area (Å²) in [7, 11) is 1.31. The van der Waals surface area contributed by atoms with Gasteiger partial charge in [-0.25, -0.2) is 4.79 Å². The van der Waals surface area contributed by atoms with Gasteiger partial charge in [0.05, 0.1) is 36.2 Å². The zero-order valence-electron chi connectivity index (χ0n) is 23.2. The third-order valence-corrected chi connectivity index (χ3v) is 6.83. The molecule has 3 aromatic rings. The van der Waals surface area contributed by atoms with Crippen LogP contribution in [0.25, 0.3) is 0 Å². The van der Waals surface area contributed by atoms with Gasteiger partial charge in [0.1, 0.15) is 11.3 Å². The Morgan fingerprint density at radius 2 is 1.87 bits per heavy atom. The van der Waals surface area contributed by atoms with Gasteiger partial charge in [-0.2, -0.15) is 0 Å². The smallest absolute Gasteiger partial charge is 0.339 e. The van der Waals surface area contributed by atoms with E-state index in [0.717, 1.165) is 45.9 Å². The van der Waals surface area contributed by atoms with Crippen LogP contribution in [0, 0.1) is 0 Å². The molecule has 8 heteroatoms. The lowest BCUT2D eigenvalue weighted by Crippen LogP contribution is -2.31. The van der Waals surface area contributed by atoms with E-state index in [0.29, 0.717) is 18.7 Å². The summed E-state index contributed by atoms with van der Waals surface area (Å²) in [6, 6.07) is 12.4. The van der Waals surface area contributed by atoms with Crippen molar-refractivity contribution in [2.45, 2.75) is 58.6 Å². The minimum atomic E-state index is -0.554. The van der Waals surface area contributed by atoms with Crippen LogP contribution >= 0.6 is 0 Å². The summed E-state index contributed by atoms with van der Waals surface area (Å²) in [6.45, 7) is 10.8. The topological polar surface area (TPSA) is 99.1 Å². The molecule has 0 spiro atoms. The third-order valence-electron chi connectivity index (χ3n) is 6.83. The number of esters is 1. The number of carbonyl (C=O) groups is 2. The van der Waals surface area contributed by atoms with Crippen molar-refractivity contribution in [1.82, 2.24) is 4.98 Å². The Bertz CT molecular complexity index is 1490. The maximum atomic E-state index is 13.0. The second-order valence-corrected chi connectivity index (χ2v) is 11.1. The van der Waals surface area contributed by atoms with Gasteiger partial charge in [0.25, 0.3) is 5.91 Å². The number of rotatable bonds is 6. The van der Waals surface area contributed by atoms with Crippen molar-refractivity contribution in [3.8, 4) is 11.5 Å². The third kappa shape index (κ3) is 5.11. The fourth-order valence-corrected chi connectivity index (χ4v) is 5.31. The second-order valence-electron chi connectivity index (χ2n) is 11.1. The maximum absolute atomic E-state index is 13.0. The van der Waals surface area contributed by atoms with Gasteiger partial charge in [-0.05, 0) is 76.9 Å². The van der Waals surface area contributed by atoms with E-state index >= 15 is 0 Å². The average Bonchev–Trinajstić information content (AvgIpc) is 3.23. The number of benzene rings is 2. The van der Waals surface area contributed by atoms with Gasteiger partial charge in [-0.3, -0.25) is 14.8 Å². The van der Waals surface area contributed by atoms with Crippen molar-refractivity contribution >= 4 is 23.3 Å². The molecule has 0 aliphatic carbocycles. The highest BCUT2D eigenvalue weighted by Crippen LogP contribution is 2.48. The lowest BCUT2D eigenvalue weighted by Gasteiger charge is -2.31. The molecule has 2 aromatic carbocycles. The molecule has 0 saturated carbocycles. The van der Waals surface area contributed by atoms with Crippen LogP contribution in [-0.2, 0) is 17.6 Å². The number of anilines is 1. The van der Waals surface area contributed by atoms with Gasteiger partial charge in [0, 0.05) is 29.3 Å². The number of hydrogen-bond acceptors (Lipinski definition) is 7. The van der Waals surface area contributed by atoms with Crippen LogP contribution in [0.5, 0.6) is 11.5 Å². The van der Waals surface area contributed by atoms with Crippen molar-refractivity contribution < 1.29 is 23.8 Å². The molecule has 1 amide bonds. The number of fused-ring (bicyclic) bond motifs is 3. The molecular weight excluding hydrogens is 494 g/mol. The SMILES string of the molecule is CCOc1cc2c(c3c1OC(C)(C)C3)C(c1ccc(C(=O)OC)c(NC(=O)c3ccccn3)c1)=NC(C)(C)C2. The number of nitrogens with one attached hydrogen (secondary N) is 1. The van der Waals surface area contributed by atoms with E-state index in [4.69, 9.17) is 19.2 Å². The standard InChI is InChI=1S/C31H33N3O5/c1-7-38-24-15-19-16-30(2,3)34-26(25(19)21-17-31(4,5)39-27(21)24)18-11-12-20(29(36)37-6)23(14-18)33-28(35)22-10-8-9-13-32-22/h8-15H,7,16-17H2,1-6H3,(H,33,35). The molecule has 2 aliphatic heterocycles. The molecule has 0 bridgehead atoms. The van der Waals surface area contributed by atoms with Crippen molar-refractivity contribution in [3.63, 3.8) is 0 Å². The van der Waals surface area contributed by atoms with Gasteiger partial charge in [0.15, 0.2) is 11.5 Å². The molecule has 3 heterocycles. The molecule has 0 unspecified atom stereocenters. The van der Waals surface area contributed by atoms with E-state index in [1.807, 2.05) is 13.0 Å². The summed E-state index contributed by atoms with van der Waals surface area (Å²) in [4.78, 5) is 34.9. The molecule has 8 nitrogen and oxygen atoms in total. The van der Waals surface area contributed by atoms with E-state index in [1.165, 1.54) is 7.11 Å². The first-order valence-corrected chi connectivity index (χ1v) is 13.1. The van der Waals surface area contributed by atoms with Crippen LogP contribution in [0.4, 0.5) is 5.69 Å². The first kappa shape index (κ1) is 26.4. The first-order chi connectivity index (χ1) is 18.5. The molecule has 1 N–H and O–H groups in total. The fourth-order valence-electron chi connectivity index (χ4n) is 5.31. The zero-order valence-corrected chi connectivity index (χ0v) is 23.2. The van der Waals surface area contributed by atoms with Gasteiger partial charge in [-0.15, -0.1) is 0 Å². The van der Waals surface area contributed by atoms with Crippen LogP contribution < -0.4 is 14.8 Å². The van der Waals surface area contributed by atoms with Crippen LogP contribution in [-0.4, -0.2) is 47.4 Å². The minimum Gasteiger partial charge on any atom is -0.490 e. The predicted octanol–water partition coefficient (Wildman–Crippen LogP) is 5.40. The number of pyridine rings is 1. The van der Waals surface area contributed by atoms with Crippen LogP contribution in [0.1, 0.15) is 77.7 Å². The van der Waals surface area contributed by atoms with Gasteiger partial charge in [-0.1, -0.05) is 12.1 Å². The highest BCUT2D eigenvalue weighted by molar-refractivity contribution is 6.17. The van der Waals surface area contributed by atoms with Crippen molar-refractivity contribution in [2.24, 2.45) is 4.99 Å². The number of carbonyl (C=O) groups excluding carboxylic acids is 2. The van der Waals surface area contributed by atoms with Crippen LogP contribution in [0.15, 0.2) is 53.7 Å². The van der Waals surface area contributed by atoms with E-state index in [2.05, 4.69) is 44.1 Å². The number of aromatic nitrogens is 1. The molecular formula is C31H33N3O5. The fraction of sp³-hybridized carbons (Fsp3) is 0.355. The second kappa shape index (κ2) is 9.84. The summed E-state index contributed by atoms with van der Waals surface area (Å²) in [5.74, 6) is 0.518. The van der Waals surface area contributed by atoms with Gasteiger partial charge >= 0.3 is 5.97 Å². The Morgan fingerprint density at radius 1 is 1.08 bits per heavy atom. The molecule has 202 valence electrons. The van der Waals surface area contributed by atoms with E-state index in [-0.39, 0.29) is 16.8 Å². The van der Waals surface area contributed by atoms with E-state index < -0.39 is 17.5 Å². The summed E-state index contributed by atoms with van der Waals surface area (Å²) >= 11 is 0. The van der Waals surface area contributed by atoms with Crippen molar-refractivity contribution in [1.29, 1.82) is 0 Å². The number of nitrogens with zero attached hydrogens (tertiary/aromatic N) is 2. The molecule has 1 aromatic heterocycles. The average molecular weight is 528 g/mol. The normalized spacial score (nSPS) is 16.3. The lowest BCUT2D eigenvalue weighted by atomic mass is 9.80. The van der Waals surface area contributed by atoms with Gasteiger partial charge in [0.2, 0.25) is 0 Å². The molecule has 5 rings (SSSR count). The van der Waals surface area contributed by atoms with Crippen molar-refractivity contribution in [2.75, 3.05) is 19.0 Å². The summed E-state index contributed by atoms with van der Waals surface area (Å²) < 4.78 is 17.4. The number of aliphatic imine (C=N–C) groups is 1. The number of methoxy groups -OCH3 is 1. The number of amides is 1. The number of ether oxygens (including phenoxy) is 3. The summed E-state index contributed by atoms with van der Waals surface area (Å²) in [6.07, 6.45) is 2.99.